The first-order valence-corrected chi connectivity index (χ1v) is 5.48. The van der Waals surface area contributed by atoms with Crippen LogP contribution in [0.4, 0.5) is 0 Å². The molecule has 3 heteroatoms. The van der Waals surface area contributed by atoms with Crippen molar-refractivity contribution >= 4 is 23.5 Å². The van der Waals surface area contributed by atoms with Gasteiger partial charge in [0, 0.05) is 11.6 Å². The van der Waals surface area contributed by atoms with Gasteiger partial charge in [0.05, 0.1) is 7.11 Å². The average molecular weight is 217 g/mol. The highest BCUT2D eigenvalue weighted by atomic mass is 32.1. The summed E-state index contributed by atoms with van der Waals surface area (Å²) in [4.78, 5) is 4.17. The average Bonchev–Trinajstić information content (AvgIpc) is 2.80. The predicted molar refractivity (Wildman–Crippen MR) is 64.0 cm³/mol. The lowest BCUT2D eigenvalue weighted by atomic mass is 10.2. The minimum atomic E-state index is 0.876. The van der Waals surface area contributed by atoms with Crippen molar-refractivity contribution in [2.24, 2.45) is 0 Å². The zero-order valence-corrected chi connectivity index (χ0v) is 9.20. The van der Waals surface area contributed by atoms with Gasteiger partial charge in [-0.05, 0) is 23.8 Å². The maximum absolute atomic E-state index is 5.09. The molecule has 2 rings (SSSR count). The number of aromatic nitrogens is 1. The Morgan fingerprint density at radius 2 is 2.00 bits per heavy atom. The molecule has 0 aliphatic rings. The Balaban J connectivity index is 2.11. The lowest BCUT2D eigenvalue weighted by Gasteiger charge is -1.98. The summed E-state index contributed by atoms with van der Waals surface area (Å²) >= 11 is 1.63. The van der Waals surface area contributed by atoms with Crippen molar-refractivity contribution in [1.82, 2.24) is 4.98 Å². The second-order valence-corrected chi connectivity index (χ2v) is 3.90. The van der Waals surface area contributed by atoms with Crippen LogP contribution in [0.5, 0.6) is 5.75 Å². The van der Waals surface area contributed by atoms with Crippen LogP contribution in [0.2, 0.25) is 0 Å². The van der Waals surface area contributed by atoms with E-state index in [1.54, 1.807) is 24.6 Å². The predicted octanol–water partition coefficient (Wildman–Crippen LogP) is 3.32. The molecule has 2 aromatic rings. The number of ether oxygens (including phenoxy) is 1. The summed E-state index contributed by atoms with van der Waals surface area (Å²) in [6.45, 7) is 0. The molecule has 1 heterocycles. The zero-order chi connectivity index (χ0) is 10.5. The molecule has 0 aliphatic heterocycles. The van der Waals surface area contributed by atoms with Gasteiger partial charge in [-0.3, -0.25) is 0 Å². The van der Waals surface area contributed by atoms with E-state index in [1.165, 1.54) is 0 Å². The molecular formula is C12H11NOS. The number of hydrogen-bond donors (Lipinski definition) is 0. The fourth-order valence-corrected chi connectivity index (χ4v) is 1.73. The van der Waals surface area contributed by atoms with Crippen LogP contribution < -0.4 is 4.74 Å². The second kappa shape index (κ2) is 4.75. The highest BCUT2D eigenvalue weighted by Crippen LogP contribution is 2.14. The highest BCUT2D eigenvalue weighted by Gasteiger charge is 1.91. The maximum Gasteiger partial charge on any atom is 0.118 e. The zero-order valence-electron chi connectivity index (χ0n) is 8.38. The van der Waals surface area contributed by atoms with Crippen molar-refractivity contribution in [2.45, 2.75) is 0 Å². The monoisotopic (exact) mass is 217 g/mol. The van der Waals surface area contributed by atoms with Crippen molar-refractivity contribution < 1.29 is 4.74 Å². The minimum absolute atomic E-state index is 0.876. The summed E-state index contributed by atoms with van der Waals surface area (Å²) in [5, 5.41) is 2.99. The number of hydrogen-bond acceptors (Lipinski definition) is 3. The van der Waals surface area contributed by atoms with Crippen molar-refractivity contribution in [3.05, 3.63) is 46.4 Å². The van der Waals surface area contributed by atoms with E-state index < -0.39 is 0 Å². The smallest absolute Gasteiger partial charge is 0.118 e. The Morgan fingerprint density at radius 1 is 1.20 bits per heavy atom. The molecule has 1 aromatic carbocycles. The van der Waals surface area contributed by atoms with Crippen molar-refractivity contribution in [3.8, 4) is 5.75 Å². The van der Waals surface area contributed by atoms with E-state index in [0.717, 1.165) is 16.3 Å². The molecule has 15 heavy (non-hydrogen) atoms. The molecule has 0 radical (unpaired) electrons. The lowest BCUT2D eigenvalue weighted by molar-refractivity contribution is 0.415. The first-order valence-electron chi connectivity index (χ1n) is 4.60. The molecule has 0 aliphatic carbocycles. The minimum Gasteiger partial charge on any atom is -0.497 e. The summed E-state index contributed by atoms with van der Waals surface area (Å²) in [6, 6.07) is 7.93. The topological polar surface area (TPSA) is 22.1 Å². The molecule has 0 bridgehead atoms. The Labute approximate surface area is 92.9 Å². The molecule has 0 atom stereocenters. The number of benzene rings is 1. The number of nitrogens with zero attached hydrogens (tertiary/aromatic N) is 1. The Hall–Kier alpha value is -1.61. The number of thiazole rings is 1. The molecule has 2 nitrogen and oxygen atoms in total. The van der Waals surface area contributed by atoms with E-state index in [0.29, 0.717) is 0 Å². The lowest BCUT2D eigenvalue weighted by Crippen LogP contribution is -1.81. The molecule has 1 aromatic heterocycles. The van der Waals surface area contributed by atoms with Crippen LogP contribution in [-0.2, 0) is 0 Å². The van der Waals surface area contributed by atoms with Crippen molar-refractivity contribution in [2.75, 3.05) is 7.11 Å². The Bertz CT molecular complexity index is 431. The summed E-state index contributed by atoms with van der Waals surface area (Å²) in [7, 11) is 1.67. The summed E-state index contributed by atoms with van der Waals surface area (Å²) < 4.78 is 5.09. The third-order valence-electron chi connectivity index (χ3n) is 1.99. The molecule has 0 fully saturated rings. The summed E-state index contributed by atoms with van der Waals surface area (Å²) in [5.41, 5.74) is 1.14. The quantitative estimate of drug-likeness (QED) is 0.786. The summed E-state index contributed by atoms with van der Waals surface area (Å²) in [5.74, 6) is 0.876. The first kappa shape index (κ1) is 9.93. The maximum atomic E-state index is 5.09. The summed E-state index contributed by atoms with van der Waals surface area (Å²) in [6.07, 6.45) is 5.85. The van der Waals surface area contributed by atoms with Crippen LogP contribution in [0, 0.1) is 0 Å². The molecule has 0 unspecified atom stereocenters. The van der Waals surface area contributed by atoms with E-state index in [9.17, 15) is 0 Å². The first-order chi connectivity index (χ1) is 7.38. The van der Waals surface area contributed by atoms with E-state index in [-0.39, 0.29) is 0 Å². The largest absolute Gasteiger partial charge is 0.497 e. The van der Waals surface area contributed by atoms with Gasteiger partial charge in [-0.2, -0.15) is 0 Å². The molecule has 0 N–H and O–H groups in total. The molecule has 0 saturated carbocycles. The van der Waals surface area contributed by atoms with E-state index in [1.807, 2.05) is 41.8 Å². The van der Waals surface area contributed by atoms with Gasteiger partial charge in [-0.25, -0.2) is 4.98 Å². The van der Waals surface area contributed by atoms with Gasteiger partial charge in [0.1, 0.15) is 10.8 Å². The van der Waals surface area contributed by atoms with E-state index in [2.05, 4.69) is 4.98 Å². The van der Waals surface area contributed by atoms with Crippen molar-refractivity contribution in [1.29, 1.82) is 0 Å². The van der Waals surface area contributed by atoms with E-state index in [4.69, 9.17) is 4.74 Å². The molecule has 76 valence electrons. The van der Waals surface area contributed by atoms with Crippen LogP contribution in [0.25, 0.3) is 12.2 Å². The van der Waals surface area contributed by atoms with Crippen LogP contribution in [-0.4, -0.2) is 12.1 Å². The third-order valence-corrected chi connectivity index (χ3v) is 2.73. The number of methoxy groups -OCH3 is 1. The molecule has 0 saturated heterocycles. The SMILES string of the molecule is COc1ccc(C=Cc2nccs2)cc1. The molecule has 0 amide bonds. The van der Waals surface area contributed by atoms with Crippen LogP contribution in [0.15, 0.2) is 35.8 Å². The standard InChI is InChI=1S/C12H11NOS/c1-14-11-5-2-10(3-6-11)4-7-12-13-8-9-15-12/h2-9H,1H3. The number of rotatable bonds is 3. The Kier molecular flexibility index (Phi) is 3.15. The Morgan fingerprint density at radius 3 is 2.60 bits per heavy atom. The normalized spacial score (nSPS) is 10.7. The van der Waals surface area contributed by atoms with Gasteiger partial charge < -0.3 is 4.74 Å². The van der Waals surface area contributed by atoms with Crippen LogP contribution in [0.3, 0.4) is 0 Å². The molecular weight excluding hydrogens is 206 g/mol. The van der Waals surface area contributed by atoms with Gasteiger partial charge in [-0.15, -0.1) is 11.3 Å². The molecule has 0 spiro atoms. The van der Waals surface area contributed by atoms with Gasteiger partial charge in [0.15, 0.2) is 0 Å². The fourth-order valence-electron chi connectivity index (χ4n) is 1.20. The van der Waals surface area contributed by atoms with Crippen molar-refractivity contribution in [3.63, 3.8) is 0 Å². The van der Waals surface area contributed by atoms with Gasteiger partial charge in [0.25, 0.3) is 0 Å². The van der Waals surface area contributed by atoms with Crippen LogP contribution in [0.1, 0.15) is 10.6 Å². The van der Waals surface area contributed by atoms with Gasteiger partial charge in [0.2, 0.25) is 0 Å². The van der Waals surface area contributed by atoms with E-state index >= 15 is 0 Å². The fraction of sp³-hybridized carbons (Fsp3) is 0.0833. The van der Waals surface area contributed by atoms with Crippen LogP contribution >= 0.6 is 11.3 Å². The van der Waals surface area contributed by atoms with Gasteiger partial charge >= 0.3 is 0 Å². The highest BCUT2D eigenvalue weighted by molar-refractivity contribution is 7.10. The van der Waals surface area contributed by atoms with Gasteiger partial charge in [-0.1, -0.05) is 18.2 Å². The third kappa shape index (κ3) is 2.67. The second-order valence-electron chi connectivity index (χ2n) is 2.98.